The smallest absolute Gasteiger partial charge is 0.0377 e. The molecule has 0 bridgehead atoms. The van der Waals surface area contributed by atoms with Crippen LogP contribution in [0.25, 0.3) is 0 Å². The van der Waals surface area contributed by atoms with Crippen LogP contribution in [0.4, 0.5) is 0 Å². The third-order valence-electron chi connectivity index (χ3n) is 4.28. The van der Waals surface area contributed by atoms with Gasteiger partial charge in [-0.2, -0.15) is 0 Å². The molecule has 0 unspecified atom stereocenters. The minimum absolute atomic E-state index is 0. The molecule has 4 heteroatoms. The number of hydrogen-bond acceptors (Lipinski definition) is 2. The van der Waals surface area contributed by atoms with E-state index in [1.165, 1.54) is 37.9 Å². The first-order valence-corrected chi connectivity index (χ1v) is 6.95. The molecular weight excluding hydrogens is 279 g/mol. The van der Waals surface area contributed by atoms with E-state index in [0.29, 0.717) is 6.04 Å². The summed E-state index contributed by atoms with van der Waals surface area (Å²) < 4.78 is 0. The van der Waals surface area contributed by atoms with Gasteiger partial charge in [0.1, 0.15) is 0 Å². The molecule has 1 N–H and O–H groups in total. The lowest BCUT2D eigenvalue weighted by molar-refractivity contribution is 0.0837. The van der Waals surface area contributed by atoms with Crippen LogP contribution in [0.1, 0.15) is 30.9 Å². The van der Waals surface area contributed by atoms with E-state index in [1.807, 2.05) is 0 Å². The maximum absolute atomic E-state index is 3.45. The van der Waals surface area contributed by atoms with Crippen molar-refractivity contribution in [3.8, 4) is 0 Å². The van der Waals surface area contributed by atoms with Gasteiger partial charge in [-0.1, -0.05) is 36.8 Å². The van der Waals surface area contributed by atoms with Gasteiger partial charge in [0.2, 0.25) is 0 Å². The van der Waals surface area contributed by atoms with Gasteiger partial charge >= 0.3 is 0 Å². The molecule has 0 radical (unpaired) electrons. The van der Waals surface area contributed by atoms with E-state index < -0.39 is 0 Å². The highest BCUT2D eigenvalue weighted by Gasteiger charge is 2.33. The number of piperazine rings is 1. The van der Waals surface area contributed by atoms with Crippen LogP contribution in [0.5, 0.6) is 0 Å². The van der Waals surface area contributed by atoms with E-state index in [-0.39, 0.29) is 24.8 Å². The van der Waals surface area contributed by atoms with E-state index in [9.17, 15) is 0 Å². The summed E-state index contributed by atoms with van der Waals surface area (Å²) in [5.41, 5.74) is 1.53. The molecule has 2 fully saturated rings. The number of hydrogen-bond donors (Lipinski definition) is 1. The number of nitrogens with zero attached hydrogens (tertiary/aromatic N) is 1. The van der Waals surface area contributed by atoms with Crippen LogP contribution < -0.4 is 5.32 Å². The first kappa shape index (κ1) is 16.8. The van der Waals surface area contributed by atoms with Gasteiger partial charge in [0.25, 0.3) is 0 Å². The molecule has 1 aliphatic carbocycles. The number of halogens is 2. The normalized spacial score (nSPS) is 21.7. The van der Waals surface area contributed by atoms with Gasteiger partial charge in [-0.15, -0.1) is 24.8 Å². The second-order valence-corrected chi connectivity index (χ2v) is 5.33. The SMILES string of the molecule is Cl.Cl.c1ccc([C@H](C2CCC2)N2CCNCC2)cc1. The van der Waals surface area contributed by atoms with Gasteiger partial charge in [0.05, 0.1) is 0 Å². The Bertz CT molecular complexity index is 348. The molecule has 0 aromatic heterocycles. The summed E-state index contributed by atoms with van der Waals surface area (Å²) in [5.74, 6) is 0.899. The predicted molar refractivity (Wildman–Crippen MR) is 85.5 cm³/mol. The van der Waals surface area contributed by atoms with Crippen LogP contribution in [0.3, 0.4) is 0 Å². The van der Waals surface area contributed by atoms with Crippen molar-refractivity contribution < 1.29 is 0 Å². The molecule has 1 saturated heterocycles. The molecule has 1 aromatic rings. The number of rotatable bonds is 3. The average molecular weight is 303 g/mol. The Morgan fingerprint density at radius 3 is 2.16 bits per heavy atom. The highest BCUT2D eigenvalue weighted by Crippen LogP contribution is 2.41. The molecular formula is C15H24Cl2N2. The number of nitrogens with one attached hydrogen (secondary N) is 1. The lowest BCUT2D eigenvalue weighted by Crippen LogP contribution is -2.47. The van der Waals surface area contributed by atoms with E-state index in [0.717, 1.165) is 19.0 Å². The molecule has 1 saturated carbocycles. The second-order valence-electron chi connectivity index (χ2n) is 5.33. The fourth-order valence-corrected chi connectivity index (χ4v) is 3.15. The molecule has 2 aliphatic rings. The standard InChI is InChI=1S/C15H22N2.2ClH/c1-2-5-13(6-3-1)15(14-7-4-8-14)17-11-9-16-10-12-17;;/h1-3,5-6,14-16H,4,7-12H2;2*1H/t15-;;/m1../s1. The molecule has 1 atom stereocenters. The van der Waals surface area contributed by atoms with Crippen LogP contribution in [-0.4, -0.2) is 31.1 Å². The molecule has 1 aliphatic heterocycles. The largest absolute Gasteiger partial charge is 0.314 e. The monoisotopic (exact) mass is 302 g/mol. The Balaban J connectivity index is 0.000000902. The summed E-state index contributed by atoms with van der Waals surface area (Å²) in [6.07, 6.45) is 4.27. The third kappa shape index (κ3) is 3.85. The van der Waals surface area contributed by atoms with Crippen molar-refractivity contribution in [3.05, 3.63) is 35.9 Å². The quantitative estimate of drug-likeness (QED) is 0.922. The third-order valence-corrected chi connectivity index (χ3v) is 4.28. The van der Waals surface area contributed by atoms with Crippen molar-refractivity contribution >= 4 is 24.8 Å². The Morgan fingerprint density at radius 2 is 1.63 bits per heavy atom. The van der Waals surface area contributed by atoms with Crippen LogP contribution in [0, 0.1) is 5.92 Å². The zero-order chi connectivity index (χ0) is 11.5. The molecule has 3 rings (SSSR count). The van der Waals surface area contributed by atoms with Crippen molar-refractivity contribution in [2.24, 2.45) is 5.92 Å². The fraction of sp³-hybridized carbons (Fsp3) is 0.600. The minimum Gasteiger partial charge on any atom is -0.314 e. The van der Waals surface area contributed by atoms with E-state index in [1.54, 1.807) is 0 Å². The van der Waals surface area contributed by atoms with Gasteiger partial charge < -0.3 is 5.32 Å². The van der Waals surface area contributed by atoms with Gasteiger partial charge in [-0.25, -0.2) is 0 Å². The van der Waals surface area contributed by atoms with Crippen molar-refractivity contribution in [2.75, 3.05) is 26.2 Å². The Hall–Kier alpha value is -0.280. The van der Waals surface area contributed by atoms with Crippen LogP contribution in [0.15, 0.2) is 30.3 Å². The molecule has 2 nitrogen and oxygen atoms in total. The van der Waals surface area contributed by atoms with Crippen molar-refractivity contribution in [3.63, 3.8) is 0 Å². The Morgan fingerprint density at radius 1 is 1.00 bits per heavy atom. The summed E-state index contributed by atoms with van der Waals surface area (Å²) in [4.78, 5) is 2.69. The van der Waals surface area contributed by atoms with Gasteiger partial charge in [-0.3, -0.25) is 4.90 Å². The van der Waals surface area contributed by atoms with Gasteiger partial charge in [-0.05, 0) is 24.3 Å². The molecule has 108 valence electrons. The molecule has 1 heterocycles. The topological polar surface area (TPSA) is 15.3 Å². The van der Waals surface area contributed by atoms with Crippen LogP contribution >= 0.6 is 24.8 Å². The van der Waals surface area contributed by atoms with Crippen molar-refractivity contribution in [1.29, 1.82) is 0 Å². The summed E-state index contributed by atoms with van der Waals surface area (Å²) in [5, 5.41) is 3.45. The Labute approximate surface area is 128 Å². The first-order chi connectivity index (χ1) is 8.45. The van der Waals surface area contributed by atoms with Crippen LogP contribution in [0.2, 0.25) is 0 Å². The van der Waals surface area contributed by atoms with Crippen molar-refractivity contribution in [1.82, 2.24) is 10.2 Å². The minimum atomic E-state index is 0. The Kier molecular flexibility index (Phi) is 7.16. The molecule has 0 spiro atoms. The summed E-state index contributed by atoms with van der Waals surface area (Å²) in [6.45, 7) is 4.71. The molecule has 1 aromatic carbocycles. The molecule has 0 amide bonds. The average Bonchev–Trinajstić information content (AvgIpc) is 2.36. The van der Waals surface area contributed by atoms with E-state index in [2.05, 4.69) is 40.5 Å². The van der Waals surface area contributed by atoms with Gasteiger partial charge in [0, 0.05) is 32.2 Å². The highest BCUT2D eigenvalue weighted by molar-refractivity contribution is 5.85. The van der Waals surface area contributed by atoms with E-state index >= 15 is 0 Å². The first-order valence-electron chi connectivity index (χ1n) is 6.95. The summed E-state index contributed by atoms with van der Waals surface area (Å²) >= 11 is 0. The lowest BCUT2D eigenvalue weighted by Gasteiger charge is -2.43. The predicted octanol–water partition coefficient (Wildman–Crippen LogP) is 3.28. The highest BCUT2D eigenvalue weighted by atomic mass is 35.5. The maximum Gasteiger partial charge on any atom is 0.0377 e. The summed E-state index contributed by atoms with van der Waals surface area (Å²) in [7, 11) is 0. The van der Waals surface area contributed by atoms with Gasteiger partial charge in [0.15, 0.2) is 0 Å². The van der Waals surface area contributed by atoms with Crippen molar-refractivity contribution in [2.45, 2.75) is 25.3 Å². The maximum atomic E-state index is 3.45. The second kappa shape index (κ2) is 8.11. The number of benzene rings is 1. The molecule has 19 heavy (non-hydrogen) atoms. The van der Waals surface area contributed by atoms with E-state index in [4.69, 9.17) is 0 Å². The lowest BCUT2D eigenvalue weighted by atomic mass is 9.76. The summed E-state index contributed by atoms with van der Waals surface area (Å²) in [6, 6.07) is 11.8. The zero-order valence-electron chi connectivity index (χ0n) is 11.3. The zero-order valence-corrected chi connectivity index (χ0v) is 12.9. The van der Waals surface area contributed by atoms with Crippen LogP contribution in [-0.2, 0) is 0 Å². The fourth-order valence-electron chi connectivity index (χ4n) is 3.15.